The van der Waals surface area contributed by atoms with E-state index in [1.54, 1.807) is 0 Å². The van der Waals surface area contributed by atoms with Crippen LogP contribution >= 0.6 is 0 Å². The van der Waals surface area contributed by atoms with E-state index in [0.29, 0.717) is 0 Å². The van der Waals surface area contributed by atoms with Gasteiger partial charge in [0.2, 0.25) is 0 Å². The fourth-order valence-electron chi connectivity index (χ4n) is 1.66. The van der Waals surface area contributed by atoms with E-state index < -0.39 is 0 Å². The normalized spacial score (nSPS) is 18.2. The largest absolute Gasteiger partial charge is 0.411 e. The molecular weight excluding hydrogens is 150 g/mol. The van der Waals surface area contributed by atoms with Crippen LogP contribution in [-0.2, 0) is 12.8 Å². The summed E-state index contributed by atoms with van der Waals surface area (Å²) in [5.74, 6) is 0. The minimum absolute atomic E-state index is 0.812. The smallest absolute Gasteiger partial charge is 0.0658 e. The lowest BCUT2D eigenvalue weighted by atomic mass is 10.1. The lowest BCUT2D eigenvalue weighted by molar-refractivity contribution is 0.317. The van der Waals surface area contributed by atoms with Gasteiger partial charge in [0, 0.05) is 12.8 Å². The third kappa shape index (κ3) is 1.09. The van der Waals surface area contributed by atoms with Crippen LogP contribution in [0.4, 0.5) is 0 Å². The van der Waals surface area contributed by atoms with Crippen molar-refractivity contribution < 1.29 is 5.21 Å². The molecule has 62 valence electrons. The zero-order chi connectivity index (χ0) is 8.55. The minimum Gasteiger partial charge on any atom is -0.411 e. The molecule has 1 aliphatic carbocycles. The van der Waals surface area contributed by atoms with Gasteiger partial charge >= 0.3 is 0 Å². The number of rotatable bonds is 0. The Hall–Kier alpha value is -1.31. The highest BCUT2D eigenvalue weighted by Gasteiger charge is 2.16. The Morgan fingerprint density at radius 3 is 2.75 bits per heavy atom. The first-order valence-corrected chi connectivity index (χ1v) is 4.08. The Morgan fingerprint density at radius 1 is 1.25 bits per heavy atom. The van der Waals surface area contributed by atoms with Crippen molar-refractivity contribution in [3.05, 3.63) is 34.9 Å². The second-order valence-electron chi connectivity index (χ2n) is 3.29. The van der Waals surface area contributed by atoms with E-state index in [2.05, 4.69) is 30.3 Å². The molecule has 1 aliphatic rings. The number of benzene rings is 1. The van der Waals surface area contributed by atoms with Gasteiger partial charge in [0.25, 0.3) is 0 Å². The maximum Gasteiger partial charge on any atom is 0.0658 e. The molecule has 0 heterocycles. The summed E-state index contributed by atoms with van der Waals surface area (Å²) >= 11 is 0. The minimum atomic E-state index is 0.812. The summed E-state index contributed by atoms with van der Waals surface area (Å²) in [6.07, 6.45) is 1.62. The third-order valence-electron chi connectivity index (χ3n) is 2.29. The maximum atomic E-state index is 8.60. The van der Waals surface area contributed by atoms with Crippen LogP contribution in [0.3, 0.4) is 0 Å². The van der Waals surface area contributed by atoms with E-state index >= 15 is 0 Å². The van der Waals surface area contributed by atoms with Crippen molar-refractivity contribution in [2.45, 2.75) is 19.8 Å². The number of hydrogen-bond acceptors (Lipinski definition) is 2. The van der Waals surface area contributed by atoms with Crippen molar-refractivity contribution in [2.24, 2.45) is 5.16 Å². The van der Waals surface area contributed by atoms with Crippen LogP contribution in [-0.4, -0.2) is 10.9 Å². The molecule has 1 aromatic carbocycles. The molecule has 0 unspecified atom stereocenters. The highest BCUT2D eigenvalue weighted by Crippen LogP contribution is 2.20. The van der Waals surface area contributed by atoms with Crippen molar-refractivity contribution >= 4 is 5.71 Å². The van der Waals surface area contributed by atoms with Crippen LogP contribution in [0.2, 0.25) is 0 Å². The Morgan fingerprint density at radius 2 is 2.00 bits per heavy atom. The van der Waals surface area contributed by atoms with Crippen LogP contribution in [0.25, 0.3) is 0 Å². The second-order valence-corrected chi connectivity index (χ2v) is 3.29. The first-order valence-electron chi connectivity index (χ1n) is 4.08. The maximum absolute atomic E-state index is 8.60. The number of aryl methyl sites for hydroxylation is 1. The van der Waals surface area contributed by atoms with Crippen LogP contribution < -0.4 is 0 Å². The molecule has 0 bridgehead atoms. The summed E-state index contributed by atoms with van der Waals surface area (Å²) in [4.78, 5) is 0. The van der Waals surface area contributed by atoms with Crippen LogP contribution in [0, 0.1) is 6.92 Å². The zero-order valence-corrected chi connectivity index (χ0v) is 7.04. The molecule has 2 nitrogen and oxygen atoms in total. The first-order chi connectivity index (χ1) is 5.79. The van der Waals surface area contributed by atoms with E-state index in [1.165, 1.54) is 16.7 Å². The van der Waals surface area contributed by atoms with Crippen molar-refractivity contribution in [3.63, 3.8) is 0 Å². The molecule has 0 saturated carbocycles. The fraction of sp³-hybridized carbons (Fsp3) is 0.300. The van der Waals surface area contributed by atoms with E-state index in [4.69, 9.17) is 5.21 Å². The zero-order valence-electron chi connectivity index (χ0n) is 7.04. The Labute approximate surface area is 71.5 Å². The Balaban J connectivity index is 2.42. The van der Waals surface area contributed by atoms with Crippen LogP contribution in [0.5, 0.6) is 0 Å². The van der Waals surface area contributed by atoms with E-state index in [1.807, 2.05) is 0 Å². The molecule has 0 spiro atoms. The molecule has 0 amide bonds. The van der Waals surface area contributed by atoms with Gasteiger partial charge in [-0.25, -0.2) is 0 Å². The van der Waals surface area contributed by atoms with Gasteiger partial charge in [-0.05, 0) is 18.1 Å². The summed E-state index contributed by atoms with van der Waals surface area (Å²) in [5, 5.41) is 11.8. The average Bonchev–Trinajstić information content (AvgIpc) is 2.46. The molecule has 0 saturated heterocycles. The van der Waals surface area contributed by atoms with Crippen LogP contribution in [0.1, 0.15) is 16.7 Å². The summed E-state index contributed by atoms with van der Waals surface area (Å²) in [7, 11) is 0. The predicted octanol–water partition coefficient (Wildman–Crippen LogP) is 1.92. The topological polar surface area (TPSA) is 32.6 Å². The number of hydrogen-bond donors (Lipinski definition) is 1. The van der Waals surface area contributed by atoms with Crippen LogP contribution in [0.15, 0.2) is 23.4 Å². The summed E-state index contributed by atoms with van der Waals surface area (Å²) in [6, 6.07) is 6.37. The number of nitrogens with zero attached hydrogens (tertiary/aromatic N) is 1. The molecule has 0 atom stereocenters. The van der Waals surface area contributed by atoms with Gasteiger partial charge in [0.1, 0.15) is 0 Å². The molecule has 2 heteroatoms. The fourth-order valence-corrected chi connectivity index (χ4v) is 1.66. The monoisotopic (exact) mass is 161 g/mol. The van der Waals surface area contributed by atoms with Crippen molar-refractivity contribution in [3.8, 4) is 0 Å². The molecule has 1 N–H and O–H groups in total. The Bertz CT molecular complexity index is 342. The van der Waals surface area contributed by atoms with Gasteiger partial charge in [0.05, 0.1) is 5.71 Å². The molecule has 2 rings (SSSR count). The third-order valence-corrected chi connectivity index (χ3v) is 2.29. The molecular formula is C10H11NO. The molecule has 1 aromatic rings. The Kier molecular flexibility index (Phi) is 1.61. The van der Waals surface area contributed by atoms with Crippen molar-refractivity contribution in [1.82, 2.24) is 0 Å². The first kappa shape index (κ1) is 7.35. The number of fused-ring (bicyclic) bond motifs is 1. The van der Waals surface area contributed by atoms with Gasteiger partial charge in [-0.1, -0.05) is 28.9 Å². The highest BCUT2D eigenvalue weighted by atomic mass is 16.4. The SMILES string of the molecule is Cc1ccc2c(c1)CC(=NO)C2. The predicted molar refractivity (Wildman–Crippen MR) is 47.8 cm³/mol. The highest BCUT2D eigenvalue weighted by molar-refractivity contribution is 5.92. The molecule has 0 radical (unpaired) electrons. The van der Waals surface area contributed by atoms with Gasteiger partial charge in [-0.3, -0.25) is 0 Å². The lowest BCUT2D eigenvalue weighted by Crippen LogP contribution is -1.94. The average molecular weight is 161 g/mol. The standard InChI is InChI=1S/C10H11NO/c1-7-2-3-8-5-10(11-12)6-9(8)4-7/h2-4,12H,5-6H2,1H3. The quantitative estimate of drug-likeness (QED) is 0.457. The summed E-state index contributed by atoms with van der Waals surface area (Å²) in [6.45, 7) is 2.08. The van der Waals surface area contributed by atoms with Gasteiger partial charge < -0.3 is 5.21 Å². The molecule has 12 heavy (non-hydrogen) atoms. The van der Waals surface area contributed by atoms with Crippen molar-refractivity contribution in [1.29, 1.82) is 0 Å². The van der Waals surface area contributed by atoms with Gasteiger partial charge in [-0.15, -0.1) is 0 Å². The number of oxime groups is 1. The lowest BCUT2D eigenvalue weighted by Gasteiger charge is -1.97. The second kappa shape index (κ2) is 2.63. The van der Waals surface area contributed by atoms with E-state index in [-0.39, 0.29) is 0 Å². The molecule has 0 aromatic heterocycles. The van der Waals surface area contributed by atoms with Gasteiger partial charge in [0.15, 0.2) is 0 Å². The van der Waals surface area contributed by atoms with Gasteiger partial charge in [-0.2, -0.15) is 0 Å². The summed E-state index contributed by atoms with van der Waals surface area (Å²) in [5.41, 5.74) is 4.75. The van der Waals surface area contributed by atoms with E-state index in [0.717, 1.165) is 18.6 Å². The van der Waals surface area contributed by atoms with E-state index in [9.17, 15) is 0 Å². The molecule has 0 fully saturated rings. The summed E-state index contributed by atoms with van der Waals surface area (Å²) < 4.78 is 0. The van der Waals surface area contributed by atoms with Crippen molar-refractivity contribution in [2.75, 3.05) is 0 Å². The molecule has 0 aliphatic heterocycles.